The average Bonchev–Trinajstić information content (AvgIpc) is 3.53. The molecule has 2 aromatic rings. The first-order valence-corrected chi connectivity index (χ1v) is 14.7. The number of carbonyl (C=O) groups is 1. The molecule has 1 saturated heterocycles. The Bertz CT molecular complexity index is 1370. The predicted molar refractivity (Wildman–Crippen MR) is 144 cm³/mol. The molecule has 0 saturated carbocycles. The lowest BCUT2D eigenvalue weighted by molar-refractivity contribution is -0.139. The van der Waals surface area contributed by atoms with Gasteiger partial charge in [0.1, 0.15) is 5.75 Å². The molecule has 0 spiro atoms. The molecule has 0 radical (unpaired) electrons. The van der Waals surface area contributed by atoms with E-state index in [-0.39, 0.29) is 23.9 Å². The first kappa shape index (κ1) is 25.4. The van der Waals surface area contributed by atoms with Crippen LogP contribution in [-0.4, -0.2) is 99.5 Å². The van der Waals surface area contributed by atoms with E-state index < -0.39 is 16.1 Å². The number of nitrogens with zero attached hydrogens (tertiary/aromatic N) is 4. The third kappa shape index (κ3) is 4.70. The normalized spacial score (nSPS) is 21.3. The molecule has 202 valence electrons. The number of hydrogen-bond donors (Lipinski definition) is 1. The van der Waals surface area contributed by atoms with E-state index in [2.05, 4.69) is 16.8 Å². The van der Waals surface area contributed by atoms with Crippen molar-refractivity contribution in [1.82, 2.24) is 14.1 Å². The zero-order valence-electron chi connectivity index (χ0n) is 21.7. The molecule has 0 aromatic heterocycles. The quantitative estimate of drug-likeness (QED) is 0.579. The van der Waals surface area contributed by atoms with Crippen LogP contribution in [0.4, 0.5) is 5.69 Å². The Kier molecular flexibility index (Phi) is 6.67. The van der Waals surface area contributed by atoms with Crippen LogP contribution in [0.15, 0.2) is 58.5 Å². The van der Waals surface area contributed by atoms with E-state index in [4.69, 9.17) is 4.74 Å². The molecule has 9 nitrogen and oxygen atoms in total. The third-order valence-electron chi connectivity index (χ3n) is 8.12. The van der Waals surface area contributed by atoms with Gasteiger partial charge in [0.2, 0.25) is 10.0 Å². The van der Waals surface area contributed by atoms with Crippen molar-refractivity contribution in [3.63, 3.8) is 0 Å². The third-order valence-corrected chi connectivity index (χ3v) is 9.90. The fourth-order valence-electron chi connectivity index (χ4n) is 5.79. The van der Waals surface area contributed by atoms with Crippen LogP contribution < -0.4 is 9.64 Å². The highest BCUT2D eigenvalue weighted by Crippen LogP contribution is 2.34. The summed E-state index contributed by atoms with van der Waals surface area (Å²) in [4.78, 5) is 19.7. The van der Waals surface area contributed by atoms with E-state index in [0.717, 1.165) is 67.2 Å². The molecule has 1 amide bonds. The molecular weight excluding hydrogens is 504 g/mol. The van der Waals surface area contributed by atoms with Crippen molar-refractivity contribution in [3.05, 3.63) is 64.7 Å². The van der Waals surface area contributed by atoms with Gasteiger partial charge in [0.25, 0.3) is 5.91 Å². The number of aryl methyl sites for hydroxylation is 1. The van der Waals surface area contributed by atoms with Gasteiger partial charge in [0.15, 0.2) is 6.10 Å². The molecule has 0 unspecified atom stereocenters. The molecule has 4 aliphatic heterocycles. The SMILES string of the molecule is CN1CCN(c2cccc([C@H](O)C(=O)N3CC4=C(C3)CN(S(=O)(=O)c3ccc5c(c3)CCCO5)C4)c2)CC1. The fraction of sp³-hybridized carbons (Fsp3) is 0.464. The number of benzene rings is 2. The summed E-state index contributed by atoms with van der Waals surface area (Å²) in [6.07, 6.45) is 0.442. The molecule has 4 heterocycles. The molecule has 10 heteroatoms. The summed E-state index contributed by atoms with van der Waals surface area (Å²) in [5.41, 5.74) is 4.42. The Morgan fingerprint density at radius 2 is 1.71 bits per heavy atom. The van der Waals surface area contributed by atoms with Gasteiger partial charge >= 0.3 is 0 Å². The standard InChI is InChI=1S/C28H34N4O5S/c1-29-9-11-30(12-10-29)24-6-2-4-21(14-24)27(33)28(34)31-16-22-18-32(19-23(22)17-31)38(35,36)25-7-8-26-20(15-25)5-3-13-37-26/h2,4,6-8,14-15,27,33H,3,5,9-13,16-19H2,1H3/t27-/m0/s1. The van der Waals surface area contributed by atoms with Crippen molar-refractivity contribution in [2.75, 3.05) is 70.9 Å². The largest absolute Gasteiger partial charge is 0.493 e. The number of fused-ring (bicyclic) bond motifs is 1. The van der Waals surface area contributed by atoms with Crippen molar-refractivity contribution in [2.45, 2.75) is 23.8 Å². The van der Waals surface area contributed by atoms with Crippen molar-refractivity contribution in [1.29, 1.82) is 0 Å². The maximum absolute atomic E-state index is 13.4. The van der Waals surface area contributed by atoms with E-state index in [1.54, 1.807) is 29.2 Å². The second-order valence-corrected chi connectivity index (χ2v) is 12.6. The number of rotatable bonds is 5. The molecule has 1 atom stereocenters. The Morgan fingerprint density at radius 1 is 0.974 bits per heavy atom. The second-order valence-electron chi connectivity index (χ2n) is 10.7. The minimum absolute atomic E-state index is 0.268. The van der Waals surface area contributed by atoms with Crippen molar-refractivity contribution >= 4 is 21.6 Å². The minimum Gasteiger partial charge on any atom is -0.493 e. The average molecular weight is 539 g/mol. The van der Waals surface area contributed by atoms with E-state index in [0.29, 0.717) is 25.3 Å². The van der Waals surface area contributed by atoms with Crippen molar-refractivity contribution < 1.29 is 23.1 Å². The highest BCUT2D eigenvalue weighted by molar-refractivity contribution is 7.89. The smallest absolute Gasteiger partial charge is 0.256 e. The van der Waals surface area contributed by atoms with Crippen molar-refractivity contribution in [3.8, 4) is 5.75 Å². The number of piperazine rings is 1. The van der Waals surface area contributed by atoms with Gasteiger partial charge in [-0.3, -0.25) is 4.79 Å². The van der Waals surface area contributed by atoms with Gasteiger partial charge in [-0.15, -0.1) is 0 Å². The van der Waals surface area contributed by atoms with Gasteiger partial charge in [0, 0.05) is 58.0 Å². The van der Waals surface area contributed by atoms with E-state index in [1.807, 2.05) is 18.2 Å². The van der Waals surface area contributed by atoms with Gasteiger partial charge in [-0.05, 0) is 72.5 Å². The summed E-state index contributed by atoms with van der Waals surface area (Å²) in [7, 11) is -1.55. The lowest BCUT2D eigenvalue weighted by Gasteiger charge is -2.34. The molecule has 0 bridgehead atoms. The molecule has 1 N–H and O–H groups in total. The fourth-order valence-corrected chi connectivity index (χ4v) is 7.27. The zero-order chi connectivity index (χ0) is 26.4. The maximum Gasteiger partial charge on any atom is 0.256 e. The maximum atomic E-state index is 13.4. The lowest BCUT2D eigenvalue weighted by atomic mass is 10.1. The lowest BCUT2D eigenvalue weighted by Crippen LogP contribution is -2.44. The Labute approximate surface area is 223 Å². The van der Waals surface area contributed by atoms with Gasteiger partial charge in [-0.25, -0.2) is 8.42 Å². The molecule has 2 aromatic carbocycles. The monoisotopic (exact) mass is 538 g/mol. The number of hydrogen-bond acceptors (Lipinski definition) is 7. The van der Waals surface area contributed by atoms with E-state index in [9.17, 15) is 18.3 Å². The zero-order valence-corrected chi connectivity index (χ0v) is 22.5. The van der Waals surface area contributed by atoms with Crippen LogP contribution in [0, 0.1) is 0 Å². The minimum atomic E-state index is -3.65. The number of aliphatic hydroxyl groups is 1. The second kappa shape index (κ2) is 10.00. The van der Waals surface area contributed by atoms with E-state index >= 15 is 0 Å². The predicted octanol–water partition coefficient (Wildman–Crippen LogP) is 1.64. The van der Waals surface area contributed by atoms with Crippen LogP contribution >= 0.6 is 0 Å². The number of sulfonamides is 1. The van der Waals surface area contributed by atoms with Crippen LogP contribution in [0.3, 0.4) is 0 Å². The van der Waals surface area contributed by atoms with Gasteiger partial charge in [-0.2, -0.15) is 4.31 Å². The first-order chi connectivity index (χ1) is 18.3. The Hall–Kier alpha value is -2.92. The number of aliphatic hydroxyl groups excluding tert-OH is 1. The molecule has 4 aliphatic rings. The van der Waals surface area contributed by atoms with Crippen LogP contribution in [0.25, 0.3) is 0 Å². The Balaban J connectivity index is 1.09. The highest BCUT2D eigenvalue weighted by atomic mass is 32.2. The number of anilines is 1. The van der Waals surface area contributed by atoms with Crippen molar-refractivity contribution in [2.24, 2.45) is 0 Å². The molecule has 6 rings (SSSR count). The topological polar surface area (TPSA) is 93.6 Å². The molecule has 0 aliphatic carbocycles. The summed E-state index contributed by atoms with van der Waals surface area (Å²) < 4.78 is 33.9. The van der Waals surface area contributed by atoms with Crippen LogP contribution in [0.5, 0.6) is 5.75 Å². The summed E-state index contributed by atoms with van der Waals surface area (Å²) in [6, 6.07) is 12.7. The summed E-state index contributed by atoms with van der Waals surface area (Å²) >= 11 is 0. The first-order valence-electron chi connectivity index (χ1n) is 13.3. The van der Waals surface area contributed by atoms with Gasteiger partial charge in [0.05, 0.1) is 11.5 Å². The van der Waals surface area contributed by atoms with Crippen LogP contribution in [0.1, 0.15) is 23.7 Å². The van der Waals surface area contributed by atoms with E-state index in [1.165, 1.54) is 4.31 Å². The number of likely N-dealkylation sites (N-methyl/N-ethyl adjacent to an activating group) is 1. The number of ether oxygens (including phenoxy) is 1. The summed E-state index contributed by atoms with van der Waals surface area (Å²) in [6.45, 7) is 5.65. The van der Waals surface area contributed by atoms with Crippen LogP contribution in [-0.2, 0) is 21.2 Å². The molecule has 38 heavy (non-hydrogen) atoms. The molecular formula is C28H34N4O5S. The highest BCUT2D eigenvalue weighted by Gasteiger charge is 2.39. The summed E-state index contributed by atoms with van der Waals surface area (Å²) in [5.74, 6) is 0.415. The van der Waals surface area contributed by atoms with Gasteiger partial charge in [-0.1, -0.05) is 12.1 Å². The van der Waals surface area contributed by atoms with Crippen LogP contribution in [0.2, 0.25) is 0 Å². The van der Waals surface area contributed by atoms with Gasteiger partial charge < -0.3 is 24.5 Å². The Morgan fingerprint density at radius 3 is 2.45 bits per heavy atom. The number of carbonyl (C=O) groups excluding carboxylic acids is 1. The molecule has 1 fully saturated rings. The number of amides is 1. The summed E-state index contributed by atoms with van der Waals surface area (Å²) in [5, 5.41) is 11.0.